The minimum atomic E-state index is -0.216. The number of imidazole rings is 1. The molecule has 0 N–H and O–H groups in total. The lowest BCUT2D eigenvalue weighted by molar-refractivity contribution is 0.666. The van der Waals surface area contributed by atoms with Crippen LogP contribution in [-0.2, 0) is 5.41 Å². The van der Waals surface area contributed by atoms with Crippen molar-refractivity contribution in [2.24, 2.45) is 0 Å². The average Bonchev–Trinajstić information content (AvgIpc) is 3.63. The van der Waals surface area contributed by atoms with Gasteiger partial charge in [-0.15, -0.1) is 0 Å². The molecule has 47 heavy (non-hydrogen) atoms. The van der Waals surface area contributed by atoms with Gasteiger partial charge in [-0.3, -0.25) is 4.57 Å². The lowest BCUT2D eigenvalue weighted by Crippen LogP contribution is -2.17. The largest absolute Gasteiger partial charge is 0.310 e. The van der Waals surface area contributed by atoms with Crippen LogP contribution in [0.3, 0.4) is 0 Å². The first kappa shape index (κ1) is 27.4. The van der Waals surface area contributed by atoms with E-state index >= 15 is 0 Å². The summed E-state index contributed by atoms with van der Waals surface area (Å²) >= 11 is 0. The van der Waals surface area contributed by atoms with E-state index in [2.05, 4.69) is 187 Å². The molecule has 0 fully saturated rings. The minimum absolute atomic E-state index is 0.216. The molecule has 8 aromatic rings. The Hall–Kier alpha value is -5.93. The molecule has 1 aromatic heterocycles. The van der Waals surface area contributed by atoms with Crippen LogP contribution in [0.15, 0.2) is 164 Å². The van der Waals surface area contributed by atoms with E-state index in [1.807, 2.05) is 0 Å². The van der Waals surface area contributed by atoms with Crippen LogP contribution in [0.4, 0.5) is 17.1 Å². The van der Waals surface area contributed by atoms with Gasteiger partial charge < -0.3 is 4.90 Å². The van der Waals surface area contributed by atoms with Crippen molar-refractivity contribution in [1.82, 2.24) is 9.55 Å². The van der Waals surface area contributed by atoms with Crippen LogP contribution in [0.25, 0.3) is 50.0 Å². The average molecular weight is 604 g/mol. The zero-order chi connectivity index (χ0) is 31.5. The van der Waals surface area contributed by atoms with E-state index in [-0.39, 0.29) is 5.41 Å². The molecule has 0 aliphatic heterocycles. The van der Waals surface area contributed by atoms with Crippen LogP contribution < -0.4 is 4.90 Å². The highest BCUT2D eigenvalue weighted by Crippen LogP contribution is 2.53. The minimum Gasteiger partial charge on any atom is -0.310 e. The molecule has 0 saturated heterocycles. The van der Waals surface area contributed by atoms with Crippen molar-refractivity contribution >= 4 is 38.9 Å². The Balaban J connectivity index is 1.26. The quantitative estimate of drug-likeness (QED) is 0.195. The van der Waals surface area contributed by atoms with Crippen molar-refractivity contribution in [1.29, 1.82) is 0 Å². The van der Waals surface area contributed by atoms with Gasteiger partial charge in [0.05, 0.1) is 11.0 Å². The zero-order valence-corrected chi connectivity index (χ0v) is 26.4. The predicted molar refractivity (Wildman–Crippen MR) is 196 cm³/mol. The second-order valence-corrected chi connectivity index (χ2v) is 12.9. The summed E-state index contributed by atoms with van der Waals surface area (Å²) in [6, 6.07) is 58.6. The molecule has 0 amide bonds. The second-order valence-electron chi connectivity index (χ2n) is 12.9. The molecule has 0 spiro atoms. The molecule has 0 unspecified atom stereocenters. The van der Waals surface area contributed by atoms with Crippen molar-refractivity contribution in [2.75, 3.05) is 4.90 Å². The Morgan fingerprint density at radius 1 is 0.532 bits per heavy atom. The van der Waals surface area contributed by atoms with Gasteiger partial charge in [0, 0.05) is 39.1 Å². The molecule has 9 rings (SSSR count). The molecular weight excluding hydrogens is 571 g/mol. The number of fused-ring (bicyclic) bond motifs is 7. The predicted octanol–water partition coefficient (Wildman–Crippen LogP) is 11.6. The van der Waals surface area contributed by atoms with E-state index in [0.717, 1.165) is 45.2 Å². The number of benzene rings is 7. The molecular formula is C44H33N3. The Morgan fingerprint density at radius 2 is 1.11 bits per heavy atom. The van der Waals surface area contributed by atoms with Gasteiger partial charge in [-0.2, -0.15) is 0 Å². The first-order chi connectivity index (χ1) is 23.1. The van der Waals surface area contributed by atoms with Gasteiger partial charge in [0.2, 0.25) is 0 Å². The Bertz CT molecular complexity index is 2370. The number of rotatable bonds is 5. The summed E-state index contributed by atoms with van der Waals surface area (Å²) in [7, 11) is 0. The summed E-state index contributed by atoms with van der Waals surface area (Å²) in [6.45, 7) is 4.76. The van der Waals surface area contributed by atoms with E-state index in [4.69, 9.17) is 4.98 Å². The standard InChI is InChI=1S/C44H33N3/c1-44(2)39-29-34(46(31-17-9-4-10-18-31)32-19-11-5-12-20-32)23-24-35(39)36-25-26-38-37(41(36)44)27-28-40-42(38)47(33-21-13-6-14-22-33)43(45-40)30-15-7-3-8-16-30/h3-29H,1-2H3. The zero-order valence-electron chi connectivity index (χ0n) is 26.4. The smallest absolute Gasteiger partial charge is 0.145 e. The number of nitrogens with zero attached hydrogens (tertiary/aromatic N) is 3. The first-order valence-corrected chi connectivity index (χ1v) is 16.2. The Labute approximate surface area is 275 Å². The fourth-order valence-corrected chi connectivity index (χ4v) is 7.64. The molecule has 0 radical (unpaired) electrons. The van der Waals surface area contributed by atoms with E-state index in [0.29, 0.717) is 0 Å². The highest BCUT2D eigenvalue weighted by molar-refractivity contribution is 6.10. The van der Waals surface area contributed by atoms with Crippen LogP contribution in [0, 0.1) is 0 Å². The topological polar surface area (TPSA) is 21.1 Å². The van der Waals surface area contributed by atoms with Crippen molar-refractivity contribution in [3.05, 3.63) is 175 Å². The fraction of sp³-hybridized carbons (Fsp3) is 0.0682. The van der Waals surface area contributed by atoms with Crippen molar-refractivity contribution in [3.8, 4) is 28.2 Å². The maximum atomic E-state index is 5.22. The molecule has 224 valence electrons. The van der Waals surface area contributed by atoms with E-state index in [1.54, 1.807) is 0 Å². The fourth-order valence-electron chi connectivity index (χ4n) is 7.64. The monoisotopic (exact) mass is 603 g/mol. The second kappa shape index (κ2) is 10.6. The molecule has 0 bridgehead atoms. The highest BCUT2D eigenvalue weighted by atomic mass is 15.1. The van der Waals surface area contributed by atoms with Gasteiger partial charge in [-0.05, 0) is 82.2 Å². The van der Waals surface area contributed by atoms with Crippen molar-refractivity contribution in [3.63, 3.8) is 0 Å². The molecule has 3 heteroatoms. The number of para-hydroxylation sites is 3. The number of anilines is 3. The van der Waals surface area contributed by atoms with Gasteiger partial charge in [0.25, 0.3) is 0 Å². The van der Waals surface area contributed by atoms with E-state index in [1.165, 1.54) is 33.0 Å². The molecule has 0 saturated carbocycles. The molecule has 7 aromatic carbocycles. The summed E-state index contributed by atoms with van der Waals surface area (Å²) in [5.41, 5.74) is 12.9. The number of hydrogen-bond donors (Lipinski definition) is 0. The molecule has 0 atom stereocenters. The Kier molecular flexibility index (Phi) is 6.16. The third kappa shape index (κ3) is 4.24. The molecule has 1 heterocycles. The number of hydrogen-bond acceptors (Lipinski definition) is 2. The normalized spacial score (nSPS) is 13.1. The van der Waals surface area contributed by atoms with E-state index in [9.17, 15) is 0 Å². The van der Waals surface area contributed by atoms with Gasteiger partial charge in [-0.1, -0.05) is 123 Å². The summed E-state index contributed by atoms with van der Waals surface area (Å²) in [6.07, 6.45) is 0. The van der Waals surface area contributed by atoms with Crippen molar-refractivity contribution in [2.45, 2.75) is 19.3 Å². The van der Waals surface area contributed by atoms with Gasteiger partial charge >= 0.3 is 0 Å². The van der Waals surface area contributed by atoms with Crippen LogP contribution in [0.5, 0.6) is 0 Å². The summed E-state index contributed by atoms with van der Waals surface area (Å²) in [4.78, 5) is 7.58. The highest BCUT2D eigenvalue weighted by Gasteiger charge is 2.38. The van der Waals surface area contributed by atoms with Gasteiger partial charge in [0.15, 0.2) is 0 Å². The Morgan fingerprint density at radius 3 is 1.77 bits per heavy atom. The van der Waals surface area contributed by atoms with Gasteiger partial charge in [0.1, 0.15) is 5.82 Å². The summed E-state index contributed by atoms with van der Waals surface area (Å²) in [5.74, 6) is 0.953. The van der Waals surface area contributed by atoms with Crippen LogP contribution in [-0.4, -0.2) is 9.55 Å². The third-order valence-electron chi connectivity index (χ3n) is 9.74. The van der Waals surface area contributed by atoms with Gasteiger partial charge in [-0.25, -0.2) is 4.98 Å². The van der Waals surface area contributed by atoms with Crippen LogP contribution in [0.2, 0.25) is 0 Å². The third-order valence-corrected chi connectivity index (χ3v) is 9.74. The molecule has 3 nitrogen and oxygen atoms in total. The SMILES string of the molecule is CC1(C)c2cc(N(c3ccccc3)c3ccccc3)ccc2-c2ccc3c(ccc4nc(-c5ccccc5)n(-c5ccccc5)c43)c21. The lowest BCUT2D eigenvalue weighted by atomic mass is 9.80. The maximum absolute atomic E-state index is 5.22. The number of aromatic nitrogens is 2. The first-order valence-electron chi connectivity index (χ1n) is 16.2. The maximum Gasteiger partial charge on any atom is 0.145 e. The lowest BCUT2D eigenvalue weighted by Gasteiger charge is -2.28. The summed E-state index contributed by atoms with van der Waals surface area (Å²) in [5, 5.41) is 2.49. The van der Waals surface area contributed by atoms with Crippen LogP contribution >= 0.6 is 0 Å². The van der Waals surface area contributed by atoms with Crippen molar-refractivity contribution < 1.29 is 0 Å². The van der Waals surface area contributed by atoms with Crippen LogP contribution in [0.1, 0.15) is 25.0 Å². The molecule has 1 aliphatic carbocycles. The molecule has 1 aliphatic rings. The summed E-state index contributed by atoms with van der Waals surface area (Å²) < 4.78 is 2.34. The van der Waals surface area contributed by atoms with E-state index < -0.39 is 0 Å².